The van der Waals surface area contributed by atoms with E-state index < -0.39 is 36.3 Å². The highest BCUT2D eigenvalue weighted by atomic mass is 19.4. The molecule has 0 bridgehead atoms. The molecule has 2 aliphatic heterocycles. The number of aliphatic imine (C=N–C) groups is 1. The highest BCUT2D eigenvalue weighted by Crippen LogP contribution is 2.49. The van der Waals surface area contributed by atoms with Gasteiger partial charge in [-0.25, -0.2) is 9.80 Å². The fraction of sp³-hybridized carbons (Fsp3) is 0.391. The first-order chi connectivity index (χ1) is 17.0. The Morgan fingerprint density at radius 2 is 1.83 bits per heavy atom. The van der Waals surface area contributed by atoms with E-state index in [1.807, 2.05) is 24.3 Å². The van der Waals surface area contributed by atoms with Gasteiger partial charge >= 0.3 is 18.1 Å². The lowest BCUT2D eigenvalue weighted by Gasteiger charge is -2.41. The van der Waals surface area contributed by atoms with Crippen molar-refractivity contribution in [2.24, 2.45) is 15.4 Å². The summed E-state index contributed by atoms with van der Waals surface area (Å²) in [6.07, 6.45) is -6.47. The summed E-state index contributed by atoms with van der Waals surface area (Å²) in [7, 11) is 0. The molecular formula is C23H23F5N6O2. The van der Waals surface area contributed by atoms with E-state index in [-0.39, 0.29) is 12.6 Å². The summed E-state index contributed by atoms with van der Waals surface area (Å²) in [5.41, 5.74) is 1.71. The third-order valence-electron chi connectivity index (χ3n) is 6.20. The number of alkyl halides is 5. The number of nitrogens with one attached hydrogen (secondary N) is 1. The molecule has 2 unspecified atom stereocenters. The van der Waals surface area contributed by atoms with Crippen molar-refractivity contribution < 1.29 is 31.9 Å². The third-order valence-corrected chi connectivity index (χ3v) is 6.20. The van der Waals surface area contributed by atoms with Gasteiger partial charge < -0.3 is 5.11 Å². The zero-order valence-electron chi connectivity index (χ0n) is 19.1. The van der Waals surface area contributed by atoms with Crippen molar-refractivity contribution in [3.63, 3.8) is 0 Å². The van der Waals surface area contributed by atoms with E-state index in [0.29, 0.717) is 23.6 Å². The molecule has 0 aromatic heterocycles. The maximum absolute atomic E-state index is 14.7. The van der Waals surface area contributed by atoms with Gasteiger partial charge in [0.1, 0.15) is 12.8 Å². The molecule has 0 aliphatic carbocycles. The molecule has 13 heteroatoms. The van der Waals surface area contributed by atoms with Gasteiger partial charge in [0.15, 0.2) is 0 Å². The van der Waals surface area contributed by atoms with E-state index in [9.17, 15) is 31.9 Å². The van der Waals surface area contributed by atoms with E-state index in [4.69, 9.17) is 0 Å². The van der Waals surface area contributed by atoms with E-state index >= 15 is 0 Å². The molecule has 0 amide bonds. The van der Waals surface area contributed by atoms with E-state index in [2.05, 4.69) is 20.9 Å². The molecule has 0 saturated carbocycles. The van der Waals surface area contributed by atoms with Gasteiger partial charge in [-0.05, 0) is 28.8 Å². The molecule has 0 spiro atoms. The quantitative estimate of drug-likeness (QED) is 0.486. The second kappa shape index (κ2) is 9.45. The SMILES string of the molecule is CCCC1N=CC(C(=O)O)(C(F)(F)C(F)(F)F)N1Cc1ccc(-c2ccccc2N2CNN=N2)cc1. The predicted octanol–water partition coefficient (Wildman–Crippen LogP) is 5.04. The molecule has 2 aromatic rings. The topological polar surface area (TPSA) is 92.9 Å². The van der Waals surface area contributed by atoms with Crippen LogP contribution < -0.4 is 10.4 Å². The summed E-state index contributed by atoms with van der Waals surface area (Å²) in [5.74, 6) is -7.89. The van der Waals surface area contributed by atoms with Gasteiger partial charge in [0.05, 0.1) is 5.69 Å². The van der Waals surface area contributed by atoms with Crippen LogP contribution in [0.4, 0.5) is 27.6 Å². The number of carboxylic acid groups (broad SMARTS) is 1. The van der Waals surface area contributed by atoms with Crippen molar-refractivity contribution in [1.29, 1.82) is 0 Å². The Morgan fingerprint density at radius 3 is 2.42 bits per heavy atom. The van der Waals surface area contributed by atoms with Gasteiger partial charge in [0, 0.05) is 18.3 Å². The summed E-state index contributed by atoms with van der Waals surface area (Å²) >= 11 is 0. The Balaban J connectivity index is 1.68. The van der Waals surface area contributed by atoms with Gasteiger partial charge in [0.2, 0.25) is 5.54 Å². The smallest absolute Gasteiger partial charge is 0.456 e. The normalized spacial score (nSPS) is 22.3. The first-order valence-electron chi connectivity index (χ1n) is 11.1. The Morgan fingerprint density at radius 1 is 1.14 bits per heavy atom. The summed E-state index contributed by atoms with van der Waals surface area (Å²) in [4.78, 5) is 16.4. The predicted molar refractivity (Wildman–Crippen MR) is 121 cm³/mol. The fourth-order valence-electron chi connectivity index (χ4n) is 4.37. The molecular weight excluding hydrogens is 487 g/mol. The van der Waals surface area contributed by atoms with Crippen molar-refractivity contribution in [2.45, 2.75) is 50.1 Å². The number of hydrogen-bond donors (Lipinski definition) is 2. The molecule has 2 aromatic carbocycles. The van der Waals surface area contributed by atoms with Gasteiger partial charge in [0.25, 0.3) is 0 Å². The zero-order chi connectivity index (χ0) is 26.1. The lowest BCUT2D eigenvalue weighted by Crippen LogP contribution is -2.70. The van der Waals surface area contributed by atoms with Gasteiger partial charge in [-0.2, -0.15) is 22.0 Å². The average molecular weight is 510 g/mol. The molecule has 0 saturated heterocycles. The van der Waals surface area contributed by atoms with Gasteiger partial charge in [-0.15, -0.1) is 0 Å². The number of nitrogens with zero attached hydrogens (tertiary/aromatic N) is 5. The van der Waals surface area contributed by atoms with Crippen LogP contribution in [0.15, 0.2) is 64.0 Å². The Bertz CT molecular complexity index is 1170. The standard InChI is InChI=1S/C23H23F5N6O2/c1-2-5-19-29-13-21(20(35)36,22(24,25)23(26,27)28)33(19)12-15-8-10-16(11-9-15)17-6-3-4-7-18(17)34-14-30-31-32-34/h3-4,6-11,13,19H,2,5,12,14H2,1H3,(H,30,32)(H,35,36). The van der Waals surface area contributed by atoms with Crippen LogP contribution in [0.2, 0.25) is 0 Å². The number of halogens is 5. The number of carboxylic acids is 1. The van der Waals surface area contributed by atoms with E-state index in [0.717, 1.165) is 16.8 Å². The number of para-hydroxylation sites is 1. The van der Waals surface area contributed by atoms with Crippen molar-refractivity contribution in [3.05, 3.63) is 54.1 Å². The molecule has 2 aliphatic rings. The highest BCUT2D eigenvalue weighted by Gasteiger charge is 2.77. The number of rotatable bonds is 8. The second-order valence-corrected chi connectivity index (χ2v) is 8.44. The summed E-state index contributed by atoms with van der Waals surface area (Å²) in [5, 5.41) is 19.0. The highest BCUT2D eigenvalue weighted by molar-refractivity contribution is 6.02. The molecule has 0 fully saturated rings. The Kier molecular flexibility index (Phi) is 6.69. The maximum Gasteiger partial charge on any atom is 0.456 e. The molecule has 2 heterocycles. The molecule has 8 nitrogen and oxygen atoms in total. The monoisotopic (exact) mass is 510 g/mol. The first kappa shape index (κ1) is 25.5. The number of hydrogen-bond acceptors (Lipinski definition) is 7. The molecule has 0 radical (unpaired) electrons. The number of benzene rings is 2. The minimum Gasteiger partial charge on any atom is -0.479 e. The Hall–Kier alpha value is -3.61. The number of aliphatic carboxylic acids is 1. The average Bonchev–Trinajstić information content (AvgIpc) is 3.49. The summed E-state index contributed by atoms with van der Waals surface area (Å²) in [6.45, 7) is 1.60. The van der Waals surface area contributed by atoms with Crippen molar-refractivity contribution >= 4 is 17.9 Å². The van der Waals surface area contributed by atoms with Crippen LogP contribution in [0, 0.1) is 0 Å². The molecule has 192 valence electrons. The van der Waals surface area contributed by atoms with Crippen LogP contribution in [0.3, 0.4) is 0 Å². The van der Waals surface area contributed by atoms with Crippen LogP contribution in [0.5, 0.6) is 0 Å². The molecule has 2 atom stereocenters. The molecule has 2 N–H and O–H groups in total. The maximum atomic E-state index is 14.7. The number of anilines is 1. The van der Waals surface area contributed by atoms with E-state index in [1.165, 1.54) is 0 Å². The Labute approximate surface area is 203 Å². The first-order valence-corrected chi connectivity index (χ1v) is 11.1. The molecule has 36 heavy (non-hydrogen) atoms. The zero-order valence-corrected chi connectivity index (χ0v) is 19.1. The minimum atomic E-state index is -6.09. The van der Waals surface area contributed by atoms with Crippen LogP contribution in [0.1, 0.15) is 25.3 Å². The lowest BCUT2D eigenvalue weighted by atomic mass is 9.89. The van der Waals surface area contributed by atoms with Gasteiger partial charge in [-0.1, -0.05) is 61.0 Å². The minimum absolute atomic E-state index is 0.114. The fourth-order valence-corrected chi connectivity index (χ4v) is 4.37. The largest absolute Gasteiger partial charge is 0.479 e. The van der Waals surface area contributed by atoms with Crippen LogP contribution >= 0.6 is 0 Å². The lowest BCUT2D eigenvalue weighted by molar-refractivity contribution is -0.312. The van der Waals surface area contributed by atoms with Crippen LogP contribution in [-0.4, -0.2) is 52.7 Å². The third kappa shape index (κ3) is 4.16. The van der Waals surface area contributed by atoms with E-state index in [1.54, 1.807) is 36.2 Å². The van der Waals surface area contributed by atoms with Crippen LogP contribution in [0.25, 0.3) is 11.1 Å². The number of carbonyl (C=O) groups is 1. The summed E-state index contributed by atoms with van der Waals surface area (Å²) in [6, 6.07) is 13.8. The molecule has 4 rings (SSSR count). The summed E-state index contributed by atoms with van der Waals surface area (Å²) < 4.78 is 69.6. The van der Waals surface area contributed by atoms with Crippen molar-refractivity contribution in [3.8, 4) is 11.1 Å². The van der Waals surface area contributed by atoms with Crippen LogP contribution in [-0.2, 0) is 11.3 Å². The van der Waals surface area contributed by atoms with Crippen molar-refractivity contribution in [2.75, 3.05) is 11.7 Å². The second-order valence-electron chi connectivity index (χ2n) is 8.44. The van der Waals surface area contributed by atoms with Crippen molar-refractivity contribution in [1.82, 2.24) is 10.3 Å². The van der Waals surface area contributed by atoms with Gasteiger partial charge in [-0.3, -0.25) is 15.3 Å².